The fourth-order valence-corrected chi connectivity index (χ4v) is 6.25. The Bertz CT molecular complexity index is 987. The molecule has 0 N–H and O–H groups in total. The molecule has 2 aliphatic carbocycles. The monoisotopic (exact) mass is 454 g/mol. The van der Waals surface area contributed by atoms with Crippen molar-refractivity contribution in [3.8, 4) is 11.1 Å². The second-order valence-corrected chi connectivity index (χ2v) is 10.9. The molecule has 0 unspecified atom stereocenters. The Morgan fingerprint density at radius 1 is 0.618 bits per heavy atom. The van der Waals surface area contributed by atoms with Crippen LogP contribution in [0.3, 0.4) is 0 Å². The van der Waals surface area contributed by atoms with Crippen molar-refractivity contribution in [2.24, 2.45) is 0 Å². The van der Waals surface area contributed by atoms with E-state index in [1.807, 2.05) is 0 Å². The van der Waals surface area contributed by atoms with E-state index in [-0.39, 0.29) is 5.41 Å². The number of hydrogen-bond acceptors (Lipinski definition) is 0. The van der Waals surface area contributed by atoms with Crippen LogP contribution in [0.15, 0.2) is 54.6 Å². The molecular weight excluding hydrogens is 408 g/mol. The zero-order chi connectivity index (χ0) is 23.8. The average Bonchev–Trinajstić information content (AvgIpc) is 3.06. The Labute approximate surface area is 209 Å². The van der Waals surface area contributed by atoms with Crippen LogP contribution in [0.25, 0.3) is 16.7 Å². The number of allylic oxidation sites excluding steroid dienone is 4. The smallest absolute Gasteiger partial charge is 0.0215 e. The van der Waals surface area contributed by atoms with Gasteiger partial charge in [-0.15, -0.1) is 0 Å². The first-order valence-corrected chi connectivity index (χ1v) is 14.3. The maximum absolute atomic E-state index is 2.56. The van der Waals surface area contributed by atoms with E-state index in [4.69, 9.17) is 0 Å². The minimum Gasteiger partial charge on any atom is -0.0654 e. The van der Waals surface area contributed by atoms with Gasteiger partial charge < -0.3 is 0 Å². The maximum atomic E-state index is 2.56. The largest absolute Gasteiger partial charge is 0.0654 e. The van der Waals surface area contributed by atoms with Gasteiger partial charge in [-0.1, -0.05) is 145 Å². The van der Waals surface area contributed by atoms with Crippen molar-refractivity contribution in [2.45, 2.75) is 116 Å². The number of unbranched alkanes of at least 4 members (excludes halogenated alkanes) is 10. The van der Waals surface area contributed by atoms with Gasteiger partial charge in [0, 0.05) is 5.41 Å². The van der Waals surface area contributed by atoms with E-state index in [0.717, 1.165) is 0 Å². The molecule has 4 rings (SSSR count). The molecule has 0 spiro atoms. The maximum Gasteiger partial charge on any atom is 0.0215 e. The molecule has 2 aliphatic rings. The van der Waals surface area contributed by atoms with Crippen LogP contribution in [0.1, 0.15) is 126 Å². The van der Waals surface area contributed by atoms with Crippen molar-refractivity contribution in [2.75, 3.05) is 0 Å². The Morgan fingerprint density at radius 3 is 1.71 bits per heavy atom. The summed E-state index contributed by atoms with van der Waals surface area (Å²) in [5.41, 5.74) is 10.6. The minimum atomic E-state index is 0.191. The molecule has 0 heterocycles. The molecule has 0 aliphatic heterocycles. The van der Waals surface area contributed by atoms with E-state index < -0.39 is 0 Å². The zero-order valence-corrected chi connectivity index (χ0v) is 22.1. The second kappa shape index (κ2) is 12.1. The third-order valence-electron chi connectivity index (χ3n) is 8.32. The van der Waals surface area contributed by atoms with Gasteiger partial charge in [0.1, 0.15) is 0 Å². The van der Waals surface area contributed by atoms with Crippen molar-refractivity contribution in [3.63, 3.8) is 0 Å². The molecule has 0 saturated carbocycles. The molecule has 0 radical (unpaired) electrons. The molecular formula is C34H46. The number of rotatable bonds is 15. The topological polar surface area (TPSA) is 0 Å². The quantitative estimate of drug-likeness (QED) is 0.235. The molecule has 2 aromatic rings. The van der Waals surface area contributed by atoms with Crippen LogP contribution in [0.2, 0.25) is 0 Å². The lowest BCUT2D eigenvalue weighted by molar-refractivity contribution is 0.397. The Balaban J connectivity index is 1.63. The first-order valence-electron chi connectivity index (χ1n) is 14.3. The number of hydrogen-bond donors (Lipinski definition) is 0. The summed E-state index contributed by atoms with van der Waals surface area (Å²) in [5.74, 6) is 0. The Kier molecular flexibility index (Phi) is 8.87. The van der Waals surface area contributed by atoms with Gasteiger partial charge >= 0.3 is 0 Å². The summed E-state index contributed by atoms with van der Waals surface area (Å²) in [6.07, 6.45) is 25.8. The molecule has 0 atom stereocenters. The van der Waals surface area contributed by atoms with Crippen LogP contribution in [-0.4, -0.2) is 0 Å². The van der Waals surface area contributed by atoms with Gasteiger partial charge in [-0.05, 0) is 59.2 Å². The molecule has 0 saturated heterocycles. The van der Waals surface area contributed by atoms with E-state index in [9.17, 15) is 0 Å². The highest BCUT2D eigenvalue weighted by Gasteiger charge is 2.42. The average molecular weight is 455 g/mol. The predicted octanol–water partition coefficient (Wildman–Crippen LogP) is 10.7. The lowest BCUT2D eigenvalue weighted by atomic mass is 9.70. The van der Waals surface area contributed by atoms with Crippen LogP contribution in [0.4, 0.5) is 0 Å². The van der Waals surface area contributed by atoms with Crippen LogP contribution >= 0.6 is 0 Å². The van der Waals surface area contributed by atoms with E-state index in [0.29, 0.717) is 0 Å². The first kappa shape index (κ1) is 25.0. The van der Waals surface area contributed by atoms with Crippen molar-refractivity contribution in [1.29, 1.82) is 0 Å². The first-order chi connectivity index (χ1) is 16.7. The van der Waals surface area contributed by atoms with Gasteiger partial charge in [-0.3, -0.25) is 0 Å². The molecule has 0 aromatic heterocycles. The third kappa shape index (κ3) is 5.42. The highest BCUT2D eigenvalue weighted by Crippen LogP contribution is 2.55. The summed E-state index contributed by atoms with van der Waals surface area (Å²) < 4.78 is 0. The van der Waals surface area contributed by atoms with E-state index in [1.54, 1.807) is 11.1 Å². The normalized spacial score (nSPS) is 15.1. The van der Waals surface area contributed by atoms with Crippen LogP contribution < -0.4 is 0 Å². The molecule has 0 amide bonds. The summed E-state index contributed by atoms with van der Waals surface area (Å²) in [4.78, 5) is 0. The van der Waals surface area contributed by atoms with Gasteiger partial charge in [-0.25, -0.2) is 0 Å². The van der Waals surface area contributed by atoms with Gasteiger partial charge in [-0.2, -0.15) is 0 Å². The van der Waals surface area contributed by atoms with E-state index in [2.05, 4.69) is 75.4 Å². The molecule has 0 nitrogen and oxygen atoms in total. The molecule has 0 bridgehead atoms. The number of benzene rings is 2. The SMILES string of the molecule is CCCCCCCCC1(CCCCCCCC)c2cc(C)ccc2-c2ccc(C3=CC=C3)cc21. The highest BCUT2D eigenvalue weighted by molar-refractivity contribution is 5.87. The van der Waals surface area contributed by atoms with Crippen molar-refractivity contribution in [1.82, 2.24) is 0 Å². The fraction of sp³-hybridized carbons (Fsp3) is 0.529. The summed E-state index contributed by atoms with van der Waals surface area (Å²) in [7, 11) is 0. The molecule has 0 fully saturated rings. The summed E-state index contributed by atoms with van der Waals surface area (Å²) in [6.45, 7) is 6.90. The highest BCUT2D eigenvalue weighted by atomic mass is 14.4. The van der Waals surface area contributed by atoms with Crippen molar-refractivity contribution in [3.05, 3.63) is 76.9 Å². The number of aryl methyl sites for hydroxylation is 1. The summed E-state index contributed by atoms with van der Waals surface area (Å²) in [5, 5.41) is 0. The van der Waals surface area contributed by atoms with Crippen molar-refractivity contribution < 1.29 is 0 Å². The third-order valence-corrected chi connectivity index (χ3v) is 8.32. The Hall–Kier alpha value is -2.08. The number of fused-ring (bicyclic) bond motifs is 3. The minimum absolute atomic E-state index is 0.191. The summed E-state index contributed by atoms with van der Waals surface area (Å²) in [6, 6.07) is 14.6. The molecule has 0 heteroatoms. The lowest BCUT2D eigenvalue weighted by Crippen LogP contribution is -2.26. The standard InChI is InChI=1S/C34H46/c1-4-6-8-10-12-14-23-34(24-15-13-11-9-7-5-2)32-25-27(3)19-21-30(32)31-22-20-29(26-33(31)34)28-17-16-18-28/h16-22,25-26H,4-15,23-24H2,1-3H3. The Morgan fingerprint density at radius 2 is 1.15 bits per heavy atom. The van der Waals surface area contributed by atoms with Crippen LogP contribution in [0, 0.1) is 6.92 Å². The predicted molar refractivity (Wildman–Crippen MR) is 150 cm³/mol. The van der Waals surface area contributed by atoms with Gasteiger partial charge in [0.2, 0.25) is 0 Å². The summed E-state index contributed by atoms with van der Waals surface area (Å²) >= 11 is 0. The van der Waals surface area contributed by atoms with E-state index in [1.165, 1.54) is 118 Å². The van der Waals surface area contributed by atoms with Gasteiger partial charge in [0.15, 0.2) is 0 Å². The van der Waals surface area contributed by atoms with E-state index >= 15 is 0 Å². The fourth-order valence-electron chi connectivity index (χ4n) is 6.25. The molecule has 182 valence electrons. The molecule has 34 heavy (non-hydrogen) atoms. The van der Waals surface area contributed by atoms with Gasteiger partial charge in [0.05, 0.1) is 0 Å². The van der Waals surface area contributed by atoms with Crippen LogP contribution in [-0.2, 0) is 5.41 Å². The van der Waals surface area contributed by atoms with Crippen LogP contribution in [0.5, 0.6) is 0 Å². The zero-order valence-electron chi connectivity index (χ0n) is 22.1. The van der Waals surface area contributed by atoms with Gasteiger partial charge in [0.25, 0.3) is 0 Å². The second-order valence-electron chi connectivity index (χ2n) is 10.9. The van der Waals surface area contributed by atoms with Crippen molar-refractivity contribution >= 4 is 5.57 Å². The lowest BCUT2D eigenvalue weighted by Gasteiger charge is -2.33. The molecule has 2 aromatic carbocycles.